The minimum atomic E-state index is -0.652. The van der Waals surface area contributed by atoms with Gasteiger partial charge in [-0.2, -0.15) is 7.11 Å². The molecule has 12 nitrogen and oxygen atoms in total. The van der Waals surface area contributed by atoms with E-state index >= 15 is 0 Å². The molecule has 0 saturated carbocycles. The van der Waals surface area contributed by atoms with E-state index in [1.807, 2.05) is 64.1 Å². The second-order valence-corrected chi connectivity index (χ2v) is 6.98. The molecule has 0 aliphatic heterocycles. The minimum absolute atomic E-state index is 0. The van der Waals surface area contributed by atoms with Crippen LogP contribution in [0.3, 0.4) is 0 Å². The summed E-state index contributed by atoms with van der Waals surface area (Å²) in [5.41, 5.74) is 22.2. The number of carbonyl (C=O) groups is 3. The molecule has 2 aromatic rings. The zero-order valence-electron chi connectivity index (χ0n) is 23.0. The van der Waals surface area contributed by atoms with Crippen LogP contribution in [-0.2, 0) is 19.1 Å². The van der Waals surface area contributed by atoms with Crippen LogP contribution in [0.1, 0.15) is 38.2 Å². The monoisotopic (exact) mass is 534 g/mol. The largest absolute Gasteiger partial charge is 1.00 e. The zero-order valence-corrected chi connectivity index (χ0v) is 25.0. The molecule has 0 spiro atoms. The van der Waals surface area contributed by atoms with E-state index in [-0.39, 0.29) is 41.8 Å². The Morgan fingerprint density at radius 3 is 1.76 bits per heavy atom. The van der Waals surface area contributed by atoms with Crippen LogP contribution in [-0.4, -0.2) is 46.1 Å². The molecule has 198 valence electrons. The number of aldehydes is 1. The van der Waals surface area contributed by atoms with E-state index < -0.39 is 11.9 Å². The van der Waals surface area contributed by atoms with Gasteiger partial charge in [0.25, 0.3) is 0 Å². The summed E-state index contributed by atoms with van der Waals surface area (Å²) in [5, 5.41) is 14.5. The molecule has 0 aliphatic carbocycles. The maximum atomic E-state index is 11.3. The van der Waals surface area contributed by atoms with Gasteiger partial charge in [-0.05, 0) is 78.7 Å². The summed E-state index contributed by atoms with van der Waals surface area (Å²) in [5.74, 6) is -1.18. The Bertz CT molecular complexity index is 1170. The number of rotatable bonds is 6. The smallest absolute Gasteiger partial charge is 0.857 e. The fourth-order valence-corrected chi connectivity index (χ4v) is 2.29. The Morgan fingerprint density at radius 1 is 0.868 bits per heavy atom. The fourth-order valence-electron chi connectivity index (χ4n) is 2.29. The third kappa shape index (κ3) is 16.9. The number of carbonyl (C=O) groups excluding carboxylic acids is 3. The Balaban J connectivity index is -0.000000500. The average Bonchev–Trinajstić information content (AvgIpc) is 2.92. The van der Waals surface area contributed by atoms with E-state index in [1.165, 1.54) is 31.4 Å². The number of methoxy groups -OCH3 is 2. The van der Waals surface area contributed by atoms with Crippen molar-refractivity contribution in [3.63, 3.8) is 0 Å². The standard InChI is InChI=1S/C12H13N3O2.C9H10O.C3H5N3O2.CH3O.Na/c1-8-4-5-10(6-9(8)2)7-11(14-15-13)12(16)17-3;1-7-3-4-9(6-10)5-8(7)2;1-8-3(7)2-5-6-4;1-2;/h4-7H,1-3H3;3-6H,1-2H3;2H2,1H3;1H3;/q;;;-1;+1/b11-7-;;;;. The van der Waals surface area contributed by atoms with Crippen molar-refractivity contribution in [1.29, 1.82) is 0 Å². The van der Waals surface area contributed by atoms with Crippen LogP contribution in [0.5, 0.6) is 0 Å². The number of hydrogen-bond acceptors (Lipinski definition) is 8. The number of aryl methyl sites for hydroxylation is 4. The van der Waals surface area contributed by atoms with Gasteiger partial charge in [0.2, 0.25) is 0 Å². The number of nitrogens with zero attached hydrogens (tertiary/aromatic N) is 6. The van der Waals surface area contributed by atoms with Crippen molar-refractivity contribution < 1.29 is 58.5 Å². The first-order valence-electron chi connectivity index (χ1n) is 10.6. The summed E-state index contributed by atoms with van der Waals surface area (Å²) in [6.45, 7) is 7.77. The average molecular weight is 535 g/mol. The van der Waals surface area contributed by atoms with Crippen LogP contribution >= 0.6 is 0 Å². The Kier molecular flexibility index (Phi) is 24.3. The third-order valence-corrected chi connectivity index (χ3v) is 4.54. The molecule has 13 heteroatoms. The van der Waals surface area contributed by atoms with Crippen LogP contribution in [0.15, 0.2) is 52.3 Å². The van der Waals surface area contributed by atoms with Crippen molar-refractivity contribution in [1.82, 2.24) is 0 Å². The molecule has 0 atom stereocenters. The van der Waals surface area contributed by atoms with Crippen LogP contribution in [0.2, 0.25) is 0 Å². The van der Waals surface area contributed by atoms with Crippen LogP contribution < -0.4 is 34.7 Å². The van der Waals surface area contributed by atoms with Crippen molar-refractivity contribution in [2.75, 3.05) is 27.9 Å². The van der Waals surface area contributed by atoms with Gasteiger partial charge >= 0.3 is 41.5 Å². The Morgan fingerprint density at radius 2 is 1.37 bits per heavy atom. The molecule has 2 aromatic carbocycles. The number of benzene rings is 2. The molecule has 0 fully saturated rings. The number of azide groups is 2. The van der Waals surface area contributed by atoms with Crippen molar-refractivity contribution in [2.24, 2.45) is 10.2 Å². The summed E-state index contributed by atoms with van der Waals surface area (Å²) in [4.78, 5) is 36.6. The van der Waals surface area contributed by atoms with Gasteiger partial charge in [0.1, 0.15) is 18.5 Å². The van der Waals surface area contributed by atoms with Gasteiger partial charge in [0, 0.05) is 15.4 Å². The van der Waals surface area contributed by atoms with Crippen LogP contribution in [0.25, 0.3) is 27.0 Å². The molecule has 0 unspecified atom stereocenters. The normalized spacial score (nSPS) is 8.89. The Hall–Kier alpha value is -3.63. The molecule has 0 heterocycles. The number of esters is 2. The third-order valence-electron chi connectivity index (χ3n) is 4.54. The molecule has 0 radical (unpaired) electrons. The molecular weight excluding hydrogens is 503 g/mol. The van der Waals surface area contributed by atoms with Crippen molar-refractivity contribution in [3.8, 4) is 0 Å². The van der Waals surface area contributed by atoms with Gasteiger partial charge in [-0.15, -0.1) is 0 Å². The first kappa shape index (κ1) is 38.9. The maximum absolute atomic E-state index is 11.3. The summed E-state index contributed by atoms with van der Waals surface area (Å²) in [6, 6.07) is 11.4. The van der Waals surface area contributed by atoms with E-state index in [0.717, 1.165) is 35.6 Å². The number of hydrogen-bond donors (Lipinski definition) is 0. The molecule has 38 heavy (non-hydrogen) atoms. The first-order chi connectivity index (χ1) is 17.6. The summed E-state index contributed by atoms with van der Waals surface area (Å²) >= 11 is 0. The van der Waals surface area contributed by atoms with E-state index in [9.17, 15) is 14.4 Å². The van der Waals surface area contributed by atoms with Gasteiger partial charge in [0.15, 0.2) is 0 Å². The van der Waals surface area contributed by atoms with E-state index in [2.05, 4.69) is 29.5 Å². The molecule has 0 N–H and O–H groups in total. The molecule has 0 saturated heterocycles. The SMILES string of the molecule is COC(=O)/C(=C/c1ccc(C)c(C)c1)N=[N+]=[N-].COC(=O)CN=[N+]=[N-].C[O-].Cc1ccc(C=O)cc1C.[Na+]. The minimum Gasteiger partial charge on any atom is -0.857 e. The maximum Gasteiger partial charge on any atom is 1.00 e. The van der Waals surface area contributed by atoms with E-state index in [1.54, 1.807) is 0 Å². The summed E-state index contributed by atoms with van der Waals surface area (Å²) < 4.78 is 8.67. The van der Waals surface area contributed by atoms with Crippen molar-refractivity contribution in [2.45, 2.75) is 27.7 Å². The molecule has 2 rings (SSSR count). The summed E-state index contributed by atoms with van der Waals surface area (Å²) in [6.07, 6.45) is 2.37. The second-order valence-electron chi connectivity index (χ2n) is 6.98. The van der Waals surface area contributed by atoms with Crippen molar-refractivity contribution in [3.05, 3.63) is 96.4 Å². The topological polar surface area (TPSA) is 190 Å². The first-order valence-corrected chi connectivity index (χ1v) is 10.6. The van der Waals surface area contributed by atoms with Crippen molar-refractivity contribution >= 4 is 24.3 Å². The molecule has 0 bridgehead atoms. The van der Waals surface area contributed by atoms with Gasteiger partial charge < -0.3 is 14.6 Å². The van der Waals surface area contributed by atoms with E-state index in [4.69, 9.17) is 16.2 Å². The van der Waals surface area contributed by atoms with Crippen LogP contribution in [0.4, 0.5) is 0 Å². The Labute approximate surface area is 244 Å². The van der Waals surface area contributed by atoms with E-state index in [0.29, 0.717) is 0 Å². The molecule has 0 aromatic heterocycles. The molecule has 0 amide bonds. The summed E-state index contributed by atoms with van der Waals surface area (Å²) in [7, 11) is 3.22. The number of ether oxygens (including phenoxy) is 2. The second kappa shape index (κ2) is 23.7. The predicted octanol–water partition coefficient (Wildman–Crippen LogP) is 1.69. The van der Waals surface area contributed by atoms with Crippen LogP contribution in [0, 0.1) is 27.7 Å². The van der Waals surface area contributed by atoms with Gasteiger partial charge in [0.05, 0.1) is 14.2 Å². The van der Waals surface area contributed by atoms with Gasteiger partial charge in [-0.3, -0.25) is 9.59 Å². The van der Waals surface area contributed by atoms with Gasteiger partial charge in [-0.1, -0.05) is 40.6 Å². The van der Waals surface area contributed by atoms with Gasteiger partial charge in [-0.25, -0.2) is 4.79 Å². The zero-order chi connectivity index (χ0) is 28.8. The molecule has 0 aliphatic rings. The molecular formula is C25H31N6NaO6. The quantitative estimate of drug-likeness (QED) is 0.103. The predicted molar refractivity (Wildman–Crippen MR) is 138 cm³/mol. The fraction of sp³-hybridized carbons (Fsp3) is 0.320.